The van der Waals surface area contributed by atoms with Crippen molar-refractivity contribution < 1.29 is 23.8 Å². The molecule has 1 aliphatic rings. The summed E-state index contributed by atoms with van der Waals surface area (Å²) < 4.78 is 17.2. The van der Waals surface area contributed by atoms with E-state index < -0.39 is 0 Å². The summed E-state index contributed by atoms with van der Waals surface area (Å²) in [5.74, 6) is 2.94. The number of fused-ring (bicyclic) bond motifs is 1. The summed E-state index contributed by atoms with van der Waals surface area (Å²) in [5, 5.41) is 7.39. The number of hydrogen-bond donors (Lipinski definition) is 3. The molecule has 0 radical (unpaired) electrons. The second-order valence-corrected chi connectivity index (χ2v) is 9.69. The average Bonchev–Trinajstić information content (AvgIpc) is 3.63. The highest BCUT2D eigenvalue weighted by atomic mass is 35.5. The van der Waals surface area contributed by atoms with E-state index in [9.17, 15) is 4.79 Å². The van der Waals surface area contributed by atoms with Crippen LogP contribution in [0.5, 0.6) is 23.0 Å². The molecule has 242 valence electrons. The quantitative estimate of drug-likeness (QED) is 0.138. The number of methoxy groups -OCH3 is 2. The molecule has 0 spiro atoms. The largest absolute Gasteiger partial charge is 0.493 e. The fraction of sp³-hybridized carbons (Fsp3) is 0.324. The maximum atomic E-state index is 10.8. The average molecular weight is 638 g/mol. The number of likely N-dealkylation sites (tertiary alicyclic amines) is 1. The Bertz CT molecular complexity index is 1490. The van der Waals surface area contributed by atoms with Crippen molar-refractivity contribution in [1.29, 1.82) is 0 Å². The first kappa shape index (κ1) is 36.5. The molecule has 1 saturated heterocycles. The van der Waals surface area contributed by atoms with Crippen LogP contribution in [0.25, 0.3) is 10.9 Å². The maximum absolute atomic E-state index is 10.8. The summed E-state index contributed by atoms with van der Waals surface area (Å²) in [6, 6.07) is 19.8. The predicted octanol–water partition coefficient (Wildman–Crippen LogP) is 7.11. The Kier molecular flexibility index (Phi) is 15.9. The number of ether oxygens (including phenoxy) is 3. The minimum absolute atomic E-state index is 0.0779. The highest BCUT2D eigenvalue weighted by Gasteiger charge is 2.16. The standard InChI is InChI=1S/C25H25N3O3.C6H10ClNO.C2H6.CH3NO/c1-16-5-6-19(28-18-9-7-17(26-2)8-10-18)13-23(16)31-22-11-12-27-21-15-25(30-4)24(29-3)14-20(21)22;7-5-6(9)8-3-1-2-4-8;1-2;2-1-3/h5-15,26,28H,1-4H3;1-5H2;1-2H3;1H,(H2,2,3). The lowest BCUT2D eigenvalue weighted by molar-refractivity contribution is -0.127. The van der Waals surface area contributed by atoms with Gasteiger partial charge < -0.3 is 35.5 Å². The van der Waals surface area contributed by atoms with Crippen molar-refractivity contribution in [3.05, 3.63) is 72.4 Å². The number of pyridine rings is 1. The SMILES string of the molecule is CC.CNc1ccc(Nc2ccc(C)c(Oc3ccnc4cc(OC)c(OC)cc34)c2)cc1.NC=O.O=C(CCl)N1CCCC1. The van der Waals surface area contributed by atoms with Crippen LogP contribution in [-0.2, 0) is 9.59 Å². The first-order chi connectivity index (χ1) is 21.9. The lowest BCUT2D eigenvalue weighted by Crippen LogP contribution is -2.28. The fourth-order valence-electron chi connectivity index (χ4n) is 4.38. The Labute approximate surface area is 270 Å². The first-order valence-electron chi connectivity index (χ1n) is 14.7. The number of nitrogens with zero attached hydrogens (tertiary/aromatic N) is 2. The van der Waals surface area contributed by atoms with Crippen molar-refractivity contribution in [3.63, 3.8) is 0 Å². The maximum Gasteiger partial charge on any atom is 0.237 e. The normalized spacial score (nSPS) is 11.4. The summed E-state index contributed by atoms with van der Waals surface area (Å²) >= 11 is 5.34. The van der Waals surface area contributed by atoms with Crippen LogP contribution in [-0.4, -0.2) is 62.4 Å². The molecule has 0 unspecified atom stereocenters. The van der Waals surface area contributed by atoms with E-state index in [0.717, 1.165) is 65.2 Å². The predicted molar refractivity (Wildman–Crippen MR) is 184 cm³/mol. The minimum Gasteiger partial charge on any atom is -0.493 e. The van der Waals surface area contributed by atoms with E-state index in [-0.39, 0.29) is 18.2 Å². The van der Waals surface area contributed by atoms with E-state index >= 15 is 0 Å². The third-order valence-electron chi connectivity index (χ3n) is 6.65. The van der Waals surface area contributed by atoms with Crippen molar-refractivity contribution in [2.75, 3.05) is 50.9 Å². The molecule has 0 atom stereocenters. The van der Waals surface area contributed by atoms with Gasteiger partial charge in [-0.25, -0.2) is 0 Å². The van der Waals surface area contributed by atoms with Crippen molar-refractivity contribution >= 4 is 51.9 Å². The molecule has 4 N–H and O–H groups in total. The Hall–Kier alpha value is -4.70. The minimum atomic E-state index is 0.0779. The number of amides is 2. The molecule has 1 aromatic heterocycles. The Balaban J connectivity index is 0.000000422. The van der Waals surface area contributed by atoms with E-state index in [1.807, 2.05) is 93.4 Å². The van der Waals surface area contributed by atoms with Gasteiger partial charge in [-0.1, -0.05) is 19.9 Å². The van der Waals surface area contributed by atoms with Crippen molar-refractivity contribution in [3.8, 4) is 23.0 Å². The molecular formula is C34H44ClN5O5. The van der Waals surface area contributed by atoms with Crippen LogP contribution in [0.4, 0.5) is 17.1 Å². The molecule has 1 aliphatic heterocycles. The van der Waals surface area contributed by atoms with Crippen LogP contribution < -0.4 is 30.6 Å². The lowest BCUT2D eigenvalue weighted by Gasteiger charge is -2.15. The zero-order valence-electron chi connectivity index (χ0n) is 26.9. The highest BCUT2D eigenvalue weighted by Crippen LogP contribution is 2.38. The van der Waals surface area contributed by atoms with E-state index in [1.54, 1.807) is 20.4 Å². The first-order valence-corrected chi connectivity index (χ1v) is 15.2. The molecule has 10 nitrogen and oxygen atoms in total. The lowest BCUT2D eigenvalue weighted by atomic mass is 10.1. The summed E-state index contributed by atoms with van der Waals surface area (Å²) in [4.78, 5) is 25.6. The van der Waals surface area contributed by atoms with Crippen molar-refractivity contribution in [2.24, 2.45) is 5.73 Å². The molecule has 0 saturated carbocycles. The van der Waals surface area contributed by atoms with E-state index in [4.69, 9.17) is 30.6 Å². The van der Waals surface area contributed by atoms with E-state index in [2.05, 4.69) is 21.4 Å². The van der Waals surface area contributed by atoms with E-state index in [1.165, 1.54) is 0 Å². The van der Waals surface area contributed by atoms with Gasteiger partial charge in [0.15, 0.2) is 11.5 Å². The number of nitrogens with two attached hydrogens (primary N) is 1. The molecule has 5 rings (SSSR count). The number of aromatic nitrogens is 1. The number of rotatable bonds is 8. The summed E-state index contributed by atoms with van der Waals surface area (Å²) in [7, 11) is 5.13. The summed E-state index contributed by atoms with van der Waals surface area (Å²) in [6.45, 7) is 7.84. The number of primary amides is 1. The number of benzene rings is 3. The zero-order chi connectivity index (χ0) is 33.2. The summed E-state index contributed by atoms with van der Waals surface area (Å²) in [6.07, 6.45) is 4.26. The van der Waals surface area contributed by atoms with Gasteiger partial charge in [0.25, 0.3) is 0 Å². The summed E-state index contributed by atoms with van der Waals surface area (Å²) in [5.41, 5.74) is 8.97. The number of halogens is 1. The Morgan fingerprint density at radius 2 is 1.49 bits per heavy atom. The van der Waals surface area contributed by atoms with Gasteiger partial charge in [-0.15, -0.1) is 11.6 Å². The van der Waals surface area contributed by atoms with Gasteiger partial charge in [-0.2, -0.15) is 0 Å². The number of carbonyl (C=O) groups is 2. The van der Waals surface area contributed by atoms with Crippen LogP contribution in [0, 0.1) is 6.92 Å². The van der Waals surface area contributed by atoms with Crippen LogP contribution >= 0.6 is 11.6 Å². The van der Waals surface area contributed by atoms with Crippen LogP contribution in [0.1, 0.15) is 32.3 Å². The van der Waals surface area contributed by atoms with Gasteiger partial charge >= 0.3 is 0 Å². The molecule has 0 bridgehead atoms. The van der Waals surface area contributed by atoms with Gasteiger partial charge in [0.05, 0.1) is 19.7 Å². The molecule has 2 amide bonds. The third-order valence-corrected chi connectivity index (χ3v) is 6.88. The molecule has 45 heavy (non-hydrogen) atoms. The van der Waals surface area contributed by atoms with Crippen LogP contribution in [0.3, 0.4) is 0 Å². The number of anilines is 3. The number of nitrogens with one attached hydrogen (secondary N) is 2. The smallest absolute Gasteiger partial charge is 0.237 e. The van der Waals surface area contributed by atoms with Gasteiger partial charge in [0.1, 0.15) is 17.4 Å². The monoisotopic (exact) mass is 637 g/mol. The van der Waals surface area contributed by atoms with Crippen LogP contribution in [0.2, 0.25) is 0 Å². The fourth-order valence-corrected chi connectivity index (χ4v) is 4.55. The zero-order valence-corrected chi connectivity index (χ0v) is 27.6. The Morgan fingerprint density at radius 3 is 2.07 bits per heavy atom. The molecule has 3 aromatic carbocycles. The molecule has 11 heteroatoms. The van der Waals surface area contributed by atoms with Gasteiger partial charge in [-0.05, 0) is 67.8 Å². The third kappa shape index (κ3) is 10.8. The number of aryl methyl sites for hydroxylation is 1. The molecule has 0 aliphatic carbocycles. The number of alkyl halides is 1. The van der Waals surface area contributed by atoms with Gasteiger partial charge in [0.2, 0.25) is 12.3 Å². The molecule has 1 fully saturated rings. The van der Waals surface area contributed by atoms with Gasteiger partial charge in [-0.3, -0.25) is 14.6 Å². The number of hydrogen-bond acceptors (Lipinski definition) is 8. The molecule has 2 heterocycles. The molecule has 4 aromatic rings. The highest BCUT2D eigenvalue weighted by molar-refractivity contribution is 6.27. The van der Waals surface area contributed by atoms with Crippen molar-refractivity contribution in [2.45, 2.75) is 33.6 Å². The topological polar surface area (TPSA) is 128 Å². The molecular weight excluding hydrogens is 594 g/mol. The second kappa shape index (κ2) is 19.6. The van der Waals surface area contributed by atoms with Gasteiger partial charge in [0, 0.05) is 60.9 Å². The second-order valence-electron chi connectivity index (χ2n) is 9.43. The number of carbonyl (C=O) groups excluding carboxylic acids is 2. The van der Waals surface area contributed by atoms with Crippen molar-refractivity contribution in [1.82, 2.24) is 9.88 Å². The van der Waals surface area contributed by atoms with E-state index in [0.29, 0.717) is 17.2 Å². The Morgan fingerprint density at radius 1 is 0.911 bits per heavy atom. The van der Waals surface area contributed by atoms with Crippen LogP contribution in [0.15, 0.2) is 66.9 Å².